The molecule has 1 amide bonds. The number of nitrogens with zero attached hydrogens (tertiary/aromatic N) is 1. The Hall–Kier alpha value is -0.570. The van der Waals surface area contributed by atoms with E-state index in [1.54, 1.807) is 0 Å². The van der Waals surface area contributed by atoms with Crippen molar-refractivity contribution >= 4 is 5.91 Å². The number of likely N-dealkylation sites (tertiary alicyclic amines) is 1. The highest BCUT2D eigenvalue weighted by Crippen LogP contribution is 2.56. The van der Waals surface area contributed by atoms with Crippen LogP contribution < -0.4 is 0 Å². The normalized spacial score (nSPS) is 45.7. The molecule has 20 heavy (non-hydrogen) atoms. The zero-order valence-electron chi connectivity index (χ0n) is 12.6. The van der Waals surface area contributed by atoms with Crippen LogP contribution in [0.15, 0.2) is 0 Å². The average molecular weight is 277 g/mol. The van der Waals surface area contributed by atoms with Gasteiger partial charge in [0.1, 0.15) is 0 Å². The summed E-state index contributed by atoms with van der Waals surface area (Å²) in [4.78, 5) is 15.0. The molecule has 5 aliphatic rings. The summed E-state index contributed by atoms with van der Waals surface area (Å²) in [6.07, 6.45) is 8.19. The molecule has 5 rings (SSSR count). The molecule has 1 N–H and O–H groups in total. The SMILES string of the molecule is CC1(O)CCN(C(=O)C2C3CC4CC(C3)CC2C4)CC1. The van der Waals surface area contributed by atoms with E-state index in [0.29, 0.717) is 23.7 Å². The van der Waals surface area contributed by atoms with Crippen molar-refractivity contribution in [1.82, 2.24) is 4.90 Å². The second kappa shape index (κ2) is 4.46. The predicted molar refractivity (Wildman–Crippen MR) is 77.0 cm³/mol. The van der Waals surface area contributed by atoms with Crippen LogP contribution in [0.3, 0.4) is 0 Å². The molecule has 3 nitrogen and oxygen atoms in total. The van der Waals surface area contributed by atoms with Crippen molar-refractivity contribution in [3.63, 3.8) is 0 Å². The summed E-state index contributed by atoms with van der Waals surface area (Å²) in [6.45, 7) is 3.42. The molecule has 0 spiro atoms. The van der Waals surface area contributed by atoms with Gasteiger partial charge in [0.25, 0.3) is 0 Å². The van der Waals surface area contributed by atoms with Gasteiger partial charge in [-0.25, -0.2) is 0 Å². The Labute approximate surface area is 121 Å². The number of rotatable bonds is 1. The third-order valence-corrected chi connectivity index (χ3v) is 6.66. The Morgan fingerprint density at radius 1 is 1.00 bits per heavy atom. The molecule has 4 saturated carbocycles. The molecule has 1 aliphatic heterocycles. The zero-order chi connectivity index (χ0) is 13.9. The number of carbonyl (C=O) groups excluding carboxylic acids is 1. The van der Waals surface area contributed by atoms with Gasteiger partial charge in [-0.15, -0.1) is 0 Å². The first kappa shape index (κ1) is 13.1. The first-order valence-electron chi connectivity index (χ1n) is 8.53. The van der Waals surface area contributed by atoms with Crippen molar-refractivity contribution in [2.75, 3.05) is 13.1 Å². The number of carbonyl (C=O) groups is 1. The van der Waals surface area contributed by atoms with E-state index in [2.05, 4.69) is 4.90 Å². The third-order valence-electron chi connectivity index (χ3n) is 6.66. The van der Waals surface area contributed by atoms with Gasteiger partial charge in [-0.05, 0) is 75.5 Å². The van der Waals surface area contributed by atoms with E-state index in [0.717, 1.165) is 37.8 Å². The van der Waals surface area contributed by atoms with Gasteiger partial charge in [0, 0.05) is 19.0 Å². The van der Waals surface area contributed by atoms with Gasteiger partial charge in [0.2, 0.25) is 5.91 Å². The van der Waals surface area contributed by atoms with Crippen LogP contribution in [0.2, 0.25) is 0 Å². The fourth-order valence-electron chi connectivity index (χ4n) is 5.75. The van der Waals surface area contributed by atoms with Crippen LogP contribution in [-0.4, -0.2) is 34.6 Å². The van der Waals surface area contributed by atoms with Crippen LogP contribution in [0.1, 0.15) is 51.9 Å². The number of hydrogen-bond acceptors (Lipinski definition) is 2. The first-order valence-corrected chi connectivity index (χ1v) is 8.53. The molecule has 0 unspecified atom stereocenters. The van der Waals surface area contributed by atoms with Crippen LogP contribution in [0.5, 0.6) is 0 Å². The summed E-state index contributed by atoms with van der Waals surface area (Å²) in [5.41, 5.74) is -0.555. The van der Waals surface area contributed by atoms with Crippen molar-refractivity contribution in [3.05, 3.63) is 0 Å². The van der Waals surface area contributed by atoms with Crippen molar-refractivity contribution < 1.29 is 9.90 Å². The number of hydrogen-bond donors (Lipinski definition) is 1. The maximum absolute atomic E-state index is 12.9. The first-order chi connectivity index (χ1) is 9.52. The minimum Gasteiger partial charge on any atom is -0.390 e. The predicted octanol–water partition coefficient (Wildman–Crippen LogP) is 2.43. The molecular weight excluding hydrogens is 250 g/mol. The molecule has 112 valence electrons. The molecule has 4 aliphatic carbocycles. The Morgan fingerprint density at radius 3 is 2.00 bits per heavy atom. The molecule has 1 saturated heterocycles. The zero-order valence-corrected chi connectivity index (χ0v) is 12.6. The van der Waals surface area contributed by atoms with Crippen LogP contribution in [0.25, 0.3) is 0 Å². The van der Waals surface area contributed by atoms with Gasteiger partial charge in [0.15, 0.2) is 0 Å². The molecule has 0 aromatic carbocycles. The van der Waals surface area contributed by atoms with Crippen LogP contribution in [-0.2, 0) is 4.79 Å². The summed E-state index contributed by atoms with van der Waals surface area (Å²) in [5, 5.41) is 10.0. The number of piperidine rings is 1. The average Bonchev–Trinajstić information content (AvgIpc) is 2.37. The van der Waals surface area contributed by atoms with E-state index in [1.165, 1.54) is 32.1 Å². The third kappa shape index (κ3) is 2.09. The van der Waals surface area contributed by atoms with Gasteiger partial charge >= 0.3 is 0 Å². The Bertz CT molecular complexity index is 379. The largest absolute Gasteiger partial charge is 0.390 e. The highest BCUT2D eigenvalue weighted by molar-refractivity contribution is 5.80. The Morgan fingerprint density at radius 2 is 1.50 bits per heavy atom. The fraction of sp³-hybridized carbons (Fsp3) is 0.941. The fourth-order valence-corrected chi connectivity index (χ4v) is 5.75. The van der Waals surface area contributed by atoms with E-state index in [1.807, 2.05) is 6.92 Å². The second-order valence-electron chi connectivity index (χ2n) is 8.28. The maximum Gasteiger partial charge on any atom is 0.226 e. The Kier molecular flexibility index (Phi) is 2.93. The highest BCUT2D eigenvalue weighted by atomic mass is 16.3. The quantitative estimate of drug-likeness (QED) is 0.799. The van der Waals surface area contributed by atoms with Gasteiger partial charge in [-0.2, -0.15) is 0 Å². The van der Waals surface area contributed by atoms with E-state index in [9.17, 15) is 9.90 Å². The van der Waals surface area contributed by atoms with Gasteiger partial charge < -0.3 is 10.0 Å². The summed E-state index contributed by atoms with van der Waals surface area (Å²) in [6, 6.07) is 0. The lowest BCUT2D eigenvalue weighted by Gasteiger charge is -2.54. The minimum atomic E-state index is -0.555. The maximum atomic E-state index is 12.9. The molecule has 4 bridgehead atoms. The topological polar surface area (TPSA) is 40.5 Å². The number of amides is 1. The van der Waals surface area contributed by atoms with Crippen molar-refractivity contribution in [1.29, 1.82) is 0 Å². The monoisotopic (exact) mass is 277 g/mol. The molecule has 0 aromatic rings. The molecule has 0 radical (unpaired) electrons. The second-order valence-corrected chi connectivity index (χ2v) is 8.28. The summed E-state index contributed by atoms with van der Waals surface area (Å²) >= 11 is 0. The summed E-state index contributed by atoms with van der Waals surface area (Å²) < 4.78 is 0. The van der Waals surface area contributed by atoms with Gasteiger partial charge in [0.05, 0.1) is 5.60 Å². The molecule has 1 heterocycles. The van der Waals surface area contributed by atoms with E-state index < -0.39 is 5.60 Å². The lowest BCUT2D eigenvalue weighted by molar-refractivity contribution is -0.152. The van der Waals surface area contributed by atoms with Crippen molar-refractivity contribution in [2.45, 2.75) is 57.5 Å². The standard InChI is InChI=1S/C17H27NO2/c1-17(20)2-4-18(5-3-17)16(19)15-13-7-11-6-12(9-13)10-14(15)8-11/h11-15,20H,2-10H2,1H3. The lowest BCUT2D eigenvalue weighted by Crippen LogP contribution is -2.54. The minimum absolute atomic E-state index is 0.325. The van der Waals surface area contributed by atoms with E-state index in [-0.39, 0.29) is 0 Å². The molecular formula is C17H27NO2. The summed E-state index contributed by atoms with van der Waals surface area (Å²) in [5.74, 6) is 3.98. The van der Waals surface area contributed by atoms with Crippen molar-refractivity contribution in [3.8, 4) is 0 Å². The molecule has 0 atom stereocenters. The molecule has 5 fully saturated rings. The van der Waals surface area contributed by atoms with E-state index in [4.69, 9.17) is 0 Å². The van der Waals surface area contributed by atoms with Crippen molar-refractivity contribution in [2.24, 2.45) is 29.6 Å². The van der Waals surface area contributed by atoms with E-state index >= 15 is 0 Å². The number of aliphatic hydroxyl groups is 1. The highest BCUT2D eigenvalue weighted by Gasteiger charge is 2.51. The van der Waals surface area contributed by atoms with Gasteiger partial charge in [-0.1, -0.05) is 0 Å². The smallest absolute Gasteiger partial charge is 0.226 e. The Balaban J connectivity index is 1.46. The van der Waals surface area contributed by atoms with Crippen LogP contribution in [0, 0.1) is 29.6 Å². The van der Waals surface area contributed by atoms with Crippen LogP contribution in [0.4, 0.5) is 0 Å². The molecule has 3 heteroatoms. The van der Waals surface area contributed by atoms with Gasteiger partial charge in [-0.3, -0.25) is 4.79 Å². The molecule has 0 aromatic heterocycles. The summed E-state index contributed by atoms with van der Waals surface area (Å²) in [7, 11) is 0. The lowest BCUT2D eigenvalue weighted by atomic mass is 9.51. The van der Waals surface area contributed by atoms with Crippen LogP contribution >= 0.6 is 0 Å².